The molecule has 5 heteroatoms. The zero-order valence-electron chi connectivity index (χ0n) is 13.3. The second-order valence-corrected chi connectivity index (χ2v) is 6.44. The molecule has 2 N–H and O–H groups in total. The first-order chi connectivity index (χ1) is 10.4. The Morgan fingerprint density at radius 1 is 1.14 bits per heavy atom. The summed E-state index contributed by atoms with van der Waals surface area (Å²) in [4.78, 5) is 25.3. The van der Waals surface area contributed by atoms with Crippen molar-refractivity contribution < 1.29 is 14.7 Å². The highest BCUT2D eigenvalue weighted by molar-refractivity contribution is 5.91. The molecule has 120 valence electrons. The largest absolute Gasteiger partial charge is 0.481 e. The maximum atomic E-state index is 12.3. The van der Waals surface area contributed by atoms with Crippen LogP contribution in [0.3, 0.4) is 0 Å². The fourth-order valence-corrected chi connectivity index (χ4v) is 3.25. The van der Waals surface area contributed by atoms with E-state index in [1.807, 2.05) is 43.3 Å². The van der Waals surface area contributed by atoms with Crippen molar-refractivity contribution >= 4 is 23.3 Å². The quantitative estimate of drug-likeness (QED) is 0.847. The van der Waals surface area contributed by atoms with Gasteiger partial charge in [-0.2, -0.15) is 0 Å². The Hall–Kier alpha value is -2.04. The molecule has 0 radical (unpaired) electrons. The van der Waals surface area contributed by atoms with E-state index in [4.69, 9.17) is 5.11 Å². The van der Waals surface area contributed by atoms with Crippen molar-refractivity contribution in [3.8, 4) is 0 Å². The van der Waals surface area contributed by atoms with Gasteiger partial charge < -0.3 is 15.3 Å². The Morgan fingerprint density at radius 3 is 2.23 bits per heavy atom. The van der Waals surface area contributed by atoms with Crippen LogP contribution in [0.1, 0.15) is 38.5 Å². The molecule has 1 aromatic rings. The summed E-state index contributed by atoms with van der Waals surface area (Å²) in [5, 5.41) is 12.0. The number of nitrogens with one attached hydrogen (secondary N) is 1. The van der Waals surface area contributed by atoms with Crippen molar-refractivity contribution in [2.45, 2.75) is 38.5 Å². The van der Waals surface area contributed by atoms with E-state index < -0.39 is 5.97 Å². The summed E-state index contributed by atoms with van der Waals surface area (Å²) in [5.41, 5.74) is 1.45. The normalized spacial score (nSPS) is 16.3. The number of hydrogen-bond donors (Lipinski definition) is 2. The lowest BCUT2D eigenvalue weighted by Gasteiger charge is -2.26. The van der Waals surface area contributed by atoms with Crippen LogP contribution in [0, 0.1) is 5.41 Å². The third kappa shape index (κ3) is 4.23. The summed E-state index contributed by atoms with van der Waals surface area (Å²) in [6.07, 6.45) is 4.05. The van der Waals surface area contributed by atoms with Crippen LogP contribution < -0.4 is 10.2 Å². The zero-order valence-corrected chi connectivity index (χ0v) is 13.3. The van der Waals surface area contributed by atoms with Crippen LogP contribution in [-0.2, 0) is 9.59 Å². The number of carboxylic acids is 1. The van der Waals surface area contributed by atoms with E-state index in [9.17, 15) is 9.59 Å². The van der Waals surface area contributed by atoms with Crippen molar-refractivity contribution in [1.82, 2.24) is 0 Å². The lowest BCUT2D eigenvalue weighted by Crippen LogP contribution is -2.27. The van der Waals surface area contributed by atoms with Gasteiger partial charge >= 0.3 is 5.97 Å². The Balaban J connectivity index is 1.97. The molecule has 0 heterocycles. The van der Waals surface area contributed by atoms with Crippen molar-refractivity contribution in [2.75, 3.05) is 24.3 Å². The van der Waals surface area contributed by atoms with Crippen LogP contribution in [0.15, 0.2) is 24.3 Å². The van der Waals surface area contributed by atoms with E-state index in [0.29, 0.717) is 0 Å². The molecule has 1 aliphatic rings. The Morgan fingerprint density at radius 2 is 1.73 bits per heavy atom. The third-order valence-electron chi connectivity index (χ3n) is 4.39. The Kier molecular flexibility index (Phi) is 5.06. The summed E-state index contributed by atoms with van der Waals surface area (Å²) in [7, 11) is 3.92. The number of carboxylic acid groups (broad SMARTS) is 1. The lowest BCUT2D eigenvalue weighted by atomic mass is 9.79. The van der Waals surface area contributed by atoms with Gasteiger partial charge in [0.15, 0.2) is 0 Å². The number of aliphatic carboxylic acids is 1. The van der Waals surface area contributed by atoms with Crippen LogP contribution in [0.5, 0.6) is 0 Å². The number of hydrogen-bond acceptors (Lipinski definition) is 3. The smallest absolute Gasteiger partial charge is 0.303 e. The molecule has 22 heavy (non-hydrogen) atoms. The standard InChI is InChI=1S/C17H24N2O3/c1-19(2)14-7-5-13(6-8-14)18-15(20)11-17(12-16(21)22)9-3-4-10-17/h5-8H,3-4,9-12H2,1-2H3,(H,18,20)(H,21,22). The fourth-order valence-electron chi connectivity index (χ4n) is 3.25. The predicted molar refractivity (Wildman–Crippen MR) is 87.2 cm³/mol. The van der Waals surface area contributed by atoms with Gasteiger partial charge in [-0.25, -0.2) is 0 Å². The van der Waals surface area contributed by atoms with E-state index in [1.54, 1.807) is 0 Å². The molecule has 1 aliphatic carbocycles. The van der Waals surface area contributed by atoms with E-state index in [2.05, 4.69) is 5.32 Å². The number of carbonyl (C=O) groups is 2. The summed E-state index contributed by atoms with van der Waals surface area (Å²) in [6.45, 7) is 0. The SMILES string of the molecule is CN(C)c1ccc(NC(=O)CC2(CC(=O)O)CCCC2)cc1. The van der Waals surface area contributed by atoms with Crippen LogP contribution in [0.25, 0.3) is 0 Å². The maximum Gasteiger partial charge on any atom is 0.303 e. The number of benzene rings is 1. The zero-order chi connectivity index (χ0) is 16.2. The molecule has 0 spiro atoms. The number of carbonyl (C=O) groups excluding carboxylic acids is 1. The van der Waals surface area contributed by atoms with Gasteiger partial charge in [-0.05, 0) is 42.5 Å². The topological polar surface area (TPSA) is 69.6 Å². The van der Waals surface area contributed by atoms with Crippen LogP contribution in [0.4, 0.5) is 11.4 Å². The molecule has 1 fully saturated rings. The molecule has 1 aromatic carbocycles. The summed E-state index contributed by atoms with van der Waals surface area (Å²) < 4.78 is 0. The molecule has 2 rings (SSSR count). The molecule has 0 aliphatic heterocycles. The summed E-state index contributed by atoms with van der Waals surface area (Å²) >= 11 is 0. The first kappa shape index (κ1) is 16.3. The van der Waals surface area contributed by atoms with Crippen LogP contribution in [0.2, 0.25) is 0 Å². The molecule has 1 saturated carbocycles. The minimum atomic E-state index is -0.815. The van der Waals surface area contributed by atoms with Crippen molar-refractivity contribution in [3.05, 3.63) is 24.3 Å². The minimum absolute atomic E-state index is 0.0833. The highest BCUT2D eigenvalue weighted by atomic mass is 16.4. The highest BCUT2D eigenvalue weighted by Crippen LogP contribution is 2.44. The van der Waals surface area contributed by atoms with E-state index in [0.717, 1.165) is 37.1 Å². The summed E-state index contributed by atoms with van der Waals surface area (Å²) in [5.74, 6) is -0.911. The number of nitrogens with zero attached hydrogens (tertiary/aromatic N) is 1. The molecule has 0 atom stereocenters. The molecular weight excluding hydrogens is 280 g/mol. The van der Waals surface area contributed by atoms with Gasteiger partial charge in [0.25, 0.3) is 0 Å². The van der Waals surface area contributed by atoms with Gasteiger partial charge in [0.2, 0.25) is 5.91 Å². The average Bonchev–Trinajstić information content (AvgIpc) is 2.86. The number of anilines is 2. The van der Waals surface area contributed by atoms with E-state index in [1.165, 1.54) is 0 Å². The lowest BCUT2D eigenvalue weighted by molar-refractivity contribution is -0.140. The fraction of sp³-hybridized carbons (Fsp3) is 0.529. The monoisotopic (exact) mass is 304 g/mol. The number of amides is 1. The molecule has 1 amide bonds. The Labute approximate surface area is 131 Å². The van der Waals surface area contributed by atoms with Crippen LogP contribution in [-0.4, -0.2) is 31.1 Å². The molecule has 0 aromatic heterocycles. The molecule has 0 bridgehead atoms. The van der Waals surface area contributed by atoms with Crippen molar-refractivity contribution in [1.29, 1.82) is 0 Å². The second-order valence-electron chi connectivity index (χ2n) is 6.44. The highest BCUT2D eigenvalue weighted by Gasteiger charge is 2.37. The van der Waals surface area contributed by atoms with Crippen molar-refractivity contribution in [2.24, 2.45) is 5.41 Å². The van der Waals surface area contributed by atoms with Gasteiger partial charge in [0.1, 0.15) is 0 Å². The first-order valence-electron chi connectivity index (χ1n) is 7.69. The molecule has 0 saturated heterocycles. The minimum Gasteiger partial charge on any atom is -0.481 e. The predicted octanol–water partition coefficient (Wildman–Crippen LogP) is 3.12. The van der Waals surface area contributed by atoms with Gasteiger partial charge in [-0.1, -0.05) is 12.8 Å². The van der Waals surface area contributed by atoms with Crippen molar-refractivity contribution in [3.63, 3.8) is 0 Å². The molecule has 5 nitrogen and oxygen atoms in total. The number of rotatable bonds is 6. The third-order valence-corrected chi connectivity index (χ3v) is 4.39. The Bertz CT molecular complexity index is 531. The summed E-state index contributed by atoms with van der Waals surface area (Å²) in [6, 6.07) is 7.62. The second kappa shape index (κ2) is 6.81. The van der Waals surface area contributed by atoms with Gasteiger partial charge in [0.05, 0.1) is 6.42 Å². The average molecular weight is 304 g/mol. The van der Waals surface area contributed by atoms with Gasteiger partial charge in [-0.3, -0.25) is 9.59 Å². The van der Waals surface area contributed by atoms with Crippen LogP contribution >= 0.6 is 0 Å². The first-order valence-corrected chi connectivity index (χ1v) is 7.69. The van der Waals surface area contributed by atoms with Gasteiger partial charge in [0, 0.05) is 31.9 Å². The molecule has 0 unspecified atom stereocenters. The van der Waals surface area contributed by atoms with E-state index in [-0.39, 0.29) is 24.2 Å². The van der Waals surface area contributed by atoms with Gasteiger partial charge in [-0.15, -0.1) is 0 Å². The maximum absolute atomic E-state index is 12.3. The molecular formula is C17H24N2O3. The van der Waals surface area contributed by atoms with E-state index >= 15 is 0 Å².